The van der Waals surface area contributed by atoms with Gasteiger partial charge in [0.05, 0.1) is 32.2 Å². The zero-order valence-corrected chi connectivity index (χ0v) is 23.2. The number of nitrogens with one attached hydrogen (secondary N) is 1. The molecular weight excluding hydrogens is 559 g/mol. The number of halogens is 5. The van der Waals surface area contributed by atoms with Crippen LogP contribution in [0.25, 0.3) is 0 Å². The molecule has 3 fully saturated rings. The molecule has 2 aliphatic heterocycles. The van der Waals surface area contributed by atoms with Gasteiger partial charge in [0.15, 0.2) is 0 Å². The van der Waals surface area contributed by atoms with E-state index < -0.39 is 61.8 Å². The fourth-order valence-corrected chi connectivity index (χ4v) is 5.78. The number of rotatable bonds is 8. The third-order valence-electron chi connectivity index (χ3n) is 8.40. The maximum absolute atomic E-state index is 15.2. The molecule has 2 aromatic carbocycles. The summed E-state index contributed by atoms with van der Waals surface area (Å²) in [5.41, 5.74) is 1.59. The summed E-state index contributed by atoms with van der Waals surface area (Å²) in [5.74, 6) is -2.32. The first kappa shape index (κ1) is 29.9. The minimum Gasteiger partial charge on any atom is -0.343 e. The summed E-state index contributed by atoms with van der Waals surface area (Å²) in [6.07, 6.45) is -4.39. The van der Waals surface area contributed by atoms with Crippen molar-refractivity contribution in [2.24, 2.45) is 0 Å². The summed E-state index contributed by atoms with van der Waals surface area (Å²) in [5, 5.41) is 2.88. The van der Waals surface area contributed by atoms with Gasteiger partial charge in [0.25, 0.3) is 0 Å². The Bertz CT molecular complexity index is 1330. The first-order valence-electron chi connectivity index (χ1n) is 14.0. The van der Waals surface area contributed by atoms with Crippen LogP contribution < -0.4 is 5.32 Å². The quantitative estimate of drug-likeness (QED) is 0.475. The van der Waals surface area contributed by atoms with Crippen LogP contribution in [0.1, 0.15) is 48.9 Å². The van der Waals surface area contributed by atoms with Crippen molar-refractivity contribution in [3.05, 3.63) is 71.0 Å². The number of hydrogen-bond donors (Lipinski definition) is 1. The van der Waals surface area contributed by atoms with Gasteiger partial charge in [-0.2, -0.15) is 13.2 Å². The number of carbonyl (C=O) groups excluding carboxylic acids is 3. The van der Waals surface area contributed by atoms with E-state index in [1.54, 1.807) is 42.5 Å². The molecule has 0 radical (unpaired) electrons. The number of alkyl halides is 4. The first-order chi connectivity index (χ1) is 19.8. The molecule has 1 aliphatic carbocycles. The Morgan fingerprint density at radius 1 is 1.07 bits per heavy atom. The lowest BCUT2D eigenvalue weighted by molar-refractivity contribution is -0.159. The normalized spacial score (nSPS) is 23.1. The monoisotopic (exact) mass is 592 g/mol. The number of likely N-dealkylation sites (tertiary alicyclic amines) is 1. The van der Waals surface area contributed by atoms with Gasteiger partial charge in [0, 0.05) is 19.5 Å². The predicted molar refractivity (Wildman–Crippen MR) is 144 cm³/mol. The molecule has 42 heavy (non-hydrogen) atoms. The van der Waals surface area contributed by atoms with Crippen LogP contribution in [0.2, 0.25) is 0 Å². The SMILES string of the molecule is CC1(c2ccc(C(NC(=O)C3CC(F)CN3C(=O)CN3CCN(CC(F)(F)F)CC3=O)c3ccccc3)cc2F)CC1. The van der Waals surface area contributed by atoms with Crippen molar-refractivity contribution in [1.82, 2.24) is 20.0 Å². The van der Waals surface area contributed by atoms with E-state index in [1.165, 1.54) is 6.07 Å². The standard InChI is InChI=1S/C30H33F5N4O3/c1-29(9-10-29)22-8-7-20(13-23(22)32)27(19-5-3-2-4-6-19)36-28(42)24-14-21(31)15-39(24)26(41)17-38-12-11-37(16-25(38)40)18-30(33,34)35/h2-8,13,21,24,27H,9-12,14-18H2,1H3,(H,36,42). The second kappa shape index (κ2) is 11.6. The van der Waals surface area contributed by atoms with E-state index in [4.69, 9.17) is 0 Å². The number of piperazine rings is 1. The van der Waals surface area contributed by atoms with Crippen molar-refractivity contribution in [2.75, 3.05) is 39.3 Å². The van der Waals surface area contributed by atoms with Crippen molar-refractivity contribution in [2.45, 2.75) is 56.0 Å². The zero-order valence-electron chi connectivity index (χ0n) is 23.2. The zero-order chi connectivity index (χ0) is 30.2. The van der Waals surface area contributed by atoms with Crippen LogP contribution in [0.5, 0.6) is 0 Å². The third kappa shape index (κ3) is 6.74. The molecule has 1 N–H and O–H groups in total. The van der Waals surface area contributed by atoms with Crippen LogP contribution in [0, 0.1) is 5.82 Å². The average Bonchev–Trinajstić information content (AvgIpc) is 3.54. The lowest BCUT2D eigenvalue weighted by Gasteiger charge is -2.35. The van der Waals surface area contributed by atoms with Gasteiger partial charge in [0.1, 0.15) is 18.0 Å². The molecule has 3 amide bonds. The number of carbonyl (C=O) groups is 3. The largest absolute Gasteiger partial charge is 0.401 e. The number of amides is 3. The van der Waals surface area contributed by atoms with Gasteiger partial charge in [0.2, 0.25) is 17.7 Å². The highest BCUT2D eigenvalue weighted by Gasteiger charge is 2.43. The Balaban J connectivity index is 1.29. The third-order valence-corrected chi connectivity index (χ3v) is 8.40. The fourth-order valence-electron chi connectivity index (χ4n) is 5.78. The average molecular weight is 593 g/mol. The molecule has 2 saturated heterocycles. The Kier molecular flexibility index (Phi) is 8.28. The van der Waals surface area contributed by atoms with Crippen molar-refractivity contribution in [1.29, 1.82) is 0 Å². The summed E-state index contributed by atoms with van der Waals surface area (Å²) >= 11 is 0. The Morgan fingerprint density at radius 3 is 2.40 bits per heavy atom. The van der Waals surface area contributed by atoms with Gasteiger partial charge >= 0.3 is 6.18 Å². The van der Waals surface area contributed by atoms with Crippen LogP contribution in [0.15, 0.2) is 48.5 Å². The molecule has 3 atom stereocenters. The molecule has 3 unspecified atom stereocenters. The maximum Gasteiger partial charge on any atom is 0.401 e. The van der Waals surface area contributed by atoms with Crippen molar-refractivity contribution in [3.8, 4) is 0 Å². The van der Waals surface area contributed by atoms with E-state index in [0.29, 0.717) is 16.7 Å². The van der Waals surface area contributed by atoms with Gasteiger partial charge in [-0.05, 0) is 41.0 Å². The van der Waals surface area contributed by atoms with Gasteiger partial charge in [-0.15, -0.1) is 0 Å². The van der Waals surface area contributed by atoms with Crippen molar-refractivity contribution >= 4 is 17.7 Å². The van der Waals surface area contributed by atoms with E-state index in [9.17, 15) is 31.9 Å². The fraction of sp³-hybridized carbons (Fsp3) is 0.500. The highest BCUT2D eigenvalue weighted by Crippen LogP contribution is 2.48. The Morgan fingerprint density at radius 2 is 1.79 bits per heavy atom. The molecule has 2 aromatic rings. The predicted octanol–water partition coefficient (Wildman–Crippen LogP) is 3.73. The number of benzene rings is 2. The van der Waals surface area contributed by atoms with Crippen molar-refractivity contribution < 1.29 is 36.3 Å². The Hall–Kier alpha value is -3.54. The highest BCUT2D eigenvalue weighted by molar-refractivity contribution is 5.91. The summed E-state index contributed by atoms with van der Waals surface area (Å²) in [7, 11) is 0. The van der Waals surface area contributed by atoms with E-state index in [0.717, 1.165) is 27.5 Å². The van der Waals surface area contributed by atoms with Gasteiger partial charge in [-0.25, -0.2) is 8.78 Å². The molecule has 0 bridgehead atoms. The molecule has 1 saturated carbocycles. The van der Waals surface area contributed by atoms with Crippen LogP contribution in [0.3, 0.4) is 0 Å². The molecule has 7 nitrogen and oxygen atoms in total. The molecule has 5 rings (SSSR count). The minimum atomic E-state index is -4.45. The molecule has 12 heteroatoms. The molecular formula is C30H33F5N4O3. The Labute approximate surface area is 240 Å². The molecule has 226 valence electrons. The number of nitrogens with zero attached hydrogens (tertiary/aromatic N) is 3. The summed E-state index contributed by atoms with van der Waals surface area (Å²) in [4.78, 5) is 42.4. The van der Waals surface area contributed by atoms with Crippen LogP contribution >= 0.6 is 0 Å². The highest BCUT2D eigenvalue weighted by atomic mass is 19.4. The molecule has 2 heterocycles. The second-order valence-corrected chi connectivity index (χ2v) is 11.7. The van der Waals surface area contributed by atoms with E-state index in [-0.39, 0.29) is 37.3 Å². The second-order valence-electron chi connectivity index (χ2n) is 11.7. The van der Waals surface area contributed by atoms with E-state index in [1.807, 2.05) is 6.92 Å². The summed E-state index contributed by atoms with van der Waals surface area (Å²) in [6, 6.07) is 11.9. The van der Waals surface area contributed by atoms with E-state index in [2.05, 4.69) is 5.32 Å². The lowest BCUT2D eigenvalue weighted by Crippen LogP contribution is -2.56. The smallest absolute Gasteiger partial charge is 0.343 e. The maximum atomic E-state index is 15.2. The number of hydrogen-bond acceptors (Lipinski definition) is 4. The molecule has 0 aromatic heterocycles. The topological polar surface area (TPSA) is 73.0 Å². The van der Waals surface area contributed by atoms with Crippen LogP contribution in [-0.4, -0.2) is 90.1 Å². The van der Waals surface area contributed by atoms with Crippen LogP contribution in [0.4, 0.5) is 22.0 Å². The van der Waals surface area contributed by atoms with Gasteiger partial charge < -0.3 is 15.1 Å². The molecule has 0 spiro atoms. The lowest BCUT2D eigenvalue weighted by atomic mass is 9.92. The summed E-state index contributed by atoms with van der Waals surface area (Å²) < 4.78 is 67.9. The first-order valence-corrected chi connectivity index (χ1v) is 14.0. The van der Waals surface area contributed by atoms with Crippen molar-refractivity contribution in [3.63, 3.8) is 0 Å². The summed E-state index contributed by atoms with van der Waals surface area (Å²) in [6.45, 7) is -0.707. The van der Waals surface area contributed by atoms with Gasteiger partial charge in [-0.3, -0.25) is 19.3 Å². The molecule has 3 aliphatic rings. The minimum absolute atomic E-state index is 0.0680. The van der Waals surface area contributed by atoms with Gasteiger partial charge in [-0.1, -0.05) is 49.4 Å². The van der Waals surface area contributed by atoms with Crippen LogP contribution in [-0.2, 0) is 19.8 Å². The van der Waals surface area contributed by atoms with E-state index >= 15 is 4.39 Å².